The van der Waals surface area contributed by atoms with Crippen molar-refractivity contribution in [3.8, 4) is 11.9 Å². The number of anilines is 2. The number of nitrogens with one attached hydrogen (secondary N) is 2. The summed E-state index contributed by atoms with van der Waals surface area (Å²) in [5.74, 6) is -0.0961. The number of methoxy groups -OCH3 is 2. The lowest BCUT2D eigenvalue weighted by Gasteiger charge is -2.11. The number of pyridine rings is 1. The second kappa shape index (κ2) is 9.78. The fourth-order valence-electron chi connectivity index (χ4n) is 2.57. The molecule has 0 atom stereocenters. The number of aromatic nitrogens is 3. The molecule has 1 aromatic carbocycles. The van der Waals surface area contributed by atoms with Crippen LogP contribution >= 0.6 is 0 Å². The maximum atomic E-state index is 12.7. The molecule has 0 amide bonds. The van der Waals surface area contributed by atoms with Gasteiger partial charge in [0.05, 0.1) is 24.9 Å². The first-order valence-electron chi connectivity index (χ1n) is 9.21. The largest absolute Gasteiger partial charge is 0.481 e. The zero-order valence-corrected chi connectivity index (χ0v) is 18.9. The third-order valence-corrected chi connectivity index (χ3v) is 6.76. The van der Waals surface area contributed by atoms with Crippen LogP contribution in [0.3, 0.4) is 0 Å². The molecule has 11 nitrogen and oxygen atoms in total. The zero-order chi connectivity index (χ0) is 23.2. The molecule has 170 valence electrons. The Morgan fingerprint density at radius 3 is 2.28 bits per heavy atom. The molecule has 0 aliphatic heterocycles. The first-order valence-corrected chi connectivity index (χ1v) is 12.3. The molecule has 0 unspecified atom stereocenters. The van der Waals surface area contributed by atoms with Crippen LogP contribution in [-0.4, -0.2) is 51.8 Å². The van der Waals surface area contributed by atoms with Gasteiger partial charge < -0.3 is 9.47 Å². The average molecular weight is 480 g/mol. The summed E-state index contributed by atoms with van der Waals surface area (Å²) in [5, 5.41) is 0. The van der Waals surface area contributed by atoms with Crippen LogP contribution < -0.4 is 18.9 Å². The van der Waals surface area contributed by atoms with Crippen LogP contribution in [0.2, 0.25) is 0 Å². The highest BCUT2D eigenvalue weighted by atomic mass is 32.2. The predicted molar refractivity (Wildman–Crippen MR) is 118 cm³/mol. The summed E-state index contributed by atoms with van der Waals surface area (Å²) in [6, 6.07) is 11.7. The summed E-state index contributed by atoms with van der Waals surface area (Å²) >= 11 is 0. The molecule has 0 bridgehead atoms. The molecule has 0 aliphatic rings. The van der Waals surface area contributed by atoms with Gasteiger partial charge in [-0.05, 0) is 36.4 Å². The van der Waals surface area contributed by atoms with Gasteiger partial charge in [0.25, 0.3) is 10.0 Å². The molecule has 32 heavy (non-hydrogen) atoms. The van der Waals surface area contributed by atoms with E-state index in [0.29, 0.717) is 5.69 Å². The van der Waals surface area contributed by atoms with Gasteiger partial charge in [-0.1, -0.05) is 6.07 Å². The van der Waals surface area contributed by atoms with E-state index < -0.39 is 20.0 Å². The van der Waals surface area contributed by atoms with Crippen LogP contribution in [-0.2, 0) is 26.5 Å². The van der Waals surface area contributed by atoms with Gasteiger partial charge in [-0.25, -0.2) is 16.8 Å². The molecular formula is C19H21N5O6S2. The molecule has 3 aromatic rings. The highest BCUT2D eigenvalue weighted by Crippen LogP contribution is 2.22. The molecule has 2 aromatic heterocycles. The summed E-state index contributed by atoms with van der Waals surface area (Å²) < 4.78 is 64.6. The Labute approximate surface area is 186 Å². The molecule has 0 radical (unpaired) electrons. The van der Waals surface area contributed by atoms with Crippen molar-refractivity contribution >= 4 is 31.6 Å². The van der Waals surface area contributed by atoms with Gasteiger partial charge in [0.15, 0.2) is 5.82 Å². The topological polar surface area (TPSA) is 149 Å². The van der Waals surface area contributed by atoms with Crippen molar-refractivity contribution in [2.75, 3.05) is 29.4 Å². The summed E-state index contributed by atoms with van der Waals surface area (Å²) in [4.78, 5) is 11.8. The standard InChI is InChI=1S/C19H21N5O6S2/c1-29-18-13-17(21-19(22-18)30-2)24-32(27,28)16-8-6-15(7-9-16)23-31(25,26)12-10-14-5-3-4-11-20-14/h3-9,11,13,23H,10,12H2,1-2H3,(H,21,22,24). The fourth-order valence-corrected chi connectivity index (χ4v) is 4.63. The molecule has 3 rings (SSSR count). The third kappa shape index (κ3) is 6.28. The van der Waals surface area contributed by atoms with E-state index in [4.69, 9.17) is 9.47 Å². The first-order chi connectivity index (χ1) is 15.2. The summed E-state index contributed by atoms with van der Waals surface area (Å²) in [6.07, 6.45) is 1.84. The van der Waals surface area contributed by atoms with Crippen molar-refractivity contribution in [1.29, 1.82) is 0 Å². The number of nitrogens with zero attached hydrogens (tertiary/aromatic N) is 3. The van der Waals surface area contributed by atoms with Gasteiger partial charge in [0.1, 0.15) is 0 Å². The van der Waals surface area contributed by atoms with Crippen molar-refractivity contribution in [1.82, 2.24) is 15.0 Å². The monoisotopic (exact) mass is 479 g/mol. The fraction of sp³-hybridized carbons (Fsp3) is 0.211. The second-order valence-corrected chi connectivity index (χ2v) is 9.93. The number of rotatable bonds is 10. The highest BCUT2D eigenvalue weighted by Gasteiger charge is 2.18. The molecule has 0 fully saturated rings. The summed E-state index contributed by atoms with van der Waals surface area (Å²) in [6.45, 7) is 0. The van der Waals surface area contributed by atoms with Crippen molar-refractivity contribution in [2.24, 2.45) is 0 Å². The van der Waals surface area contributed by atoms with Crippen LogP contribution in [0.1, 0.15) is 5.69 Å². The Balaban J connectivity index is 1.69. The smallest absolute Gasteiger partial charge is 0.321 e. The van der Waals surface area contributed by atoms with E-state index in [1.807, 2.05) is 0 Å². The number of ether oxygens (including phenoxy) is 2. The lowest BCUT2D eigenvalue weighted by Crippen LogP contribution is -2.19. The minimum atomic E-state index is -4.01. The third-order valence-electron chi connectivity index (χ3n) is 4.10. The Morgan fingerprint density at radius 1 is 0.906 bits per heavy atom. The zero-order valence-electron chi connectivity index (χ0n) is 17.2. The van der Waals surface area contributed by atoms with Crippen LogP contribution in [0.4, 0.5) is 11.5 Å². The quantitative estimate of drug-likeness (QED) is 0.443. The Morgan fingerprint density at radius 2 is 1.66 bits per heavy atom. The van der Waals surface area contributed by atoms with E-state index in [1.54, 1.807) is 24.4 Å². The lowest BCUT2D eigenvalue weighted by atomic mass is 10.3. The minimum absolute atomic E-state index is 0.0481. The van der Waals surface area contributed by atoms with Crippen LogP contribution in [0.5, 0.6) is 11.9 Å². The van der Waals surface area contributed by atoms with Gasteiger partial charge in [-0.15, -0.1) is 0 Å². The number of hydrogen-bond donors (Lipinski definition) is 2. The molecule has 0 saturated heterocycles. The predicted octanol–water partition coefficient (Wildman–Crippen LogP) is 1.67. The molecular weight excluding hydrogens is 458 g/mol. The van der Waals surface area contributed by atoms with Crippen LogP contribution in [0.25, 0.3) is 0 Å². The Kier molecular flexibility index (Phi) is 7.10. The van der Waals surface area contributed by atoms with Crippen molar-refractivity contribution in [3.63, 3.8) is 0 Å². The average Bonchev–Trinajstić information content (AvgIpc) is 2.78. The Bertz CT molecular complexity index is 1250. The number of hydrogen-bond acceptors (Lipinski definition) is 9. The molecule has 0 aliphatic carbocycles. The van der Waals surface area contributed by atoms with E-state index in [0.717, 1.165) is 0 Å². The minimum Gasteiger partial charge on any atom is -0.481 e. The summed E-state index contributed by atoms with van der Waals surface area (Å²) in [5.41, 5.74) is 0.888. The van der Waals surface area contributed by atoms with Gasteiger partial charge in [0, 0.05) is 30.1 Å². The Hall–Kier alpha value is -3.45. The van der Waals surface area contributed by atoms with Crippen molar-refractivity contribution in [2.45, 2.75) is 11.3 Å². The van der Waals surface area contributed by atoms with Crippen molar-refractivity contribution in [3.05, 3.63) is 60.4 Å². The first kappa shape index (κ1) is 23.2. The number of sulfonamides is 2. The number of aryl methyl sites for hydroxylation is 1. The van der Waals surface area contributed by atoms with Gasteiger partial charge >= 0.3 is 6.01 Å². The van der Waals surface area contributed by atoms with E-state index in [2.05, 4.69) is 24.4 Å². The molecule has 0 saturated carbocycles. The van der Waals surface area contributed by atoms with Gasteiger partial charge in [-0.3, -0.25) is 14.4 Å². The van der Waals surface area contributed by atoms with E-state index >= 15 is 0 Å². The van der Waals surface area contributed by atoms with E-state index in [9.17, 15) is 16.8 Å². The SMILES string of the molecule is COc1cc(NS(=O)(=O)c2ccc(NS(=O)(=O)CCc3ccccn3)cc2)nc(OC)n1. The maximum absolute atomic E-state index is 12.7. The molecule has 13 heteroatoms. The van der Waals surface area contributed by atoms with Gasteiger partial charge in [0.2, 0.25) is 15.9 Å². The maximum Gasteiger partial charge on any atom is 0.321 e. The molecule has 2 N–H and O–H groups in total. The van der Waals surface area contributed by atoms with Crippen LogP contribution in [0.15, 0.2) is 59.6 Å². The summed E-state index contributed by atoms with van der Waals surface area (Å²) in [7, 11) is -4.94. The second-order valence-electron chi connectivity index (χ2n) is 6.40. The van der Waals surface area contributed by atoms with Crippen molar-refractivity contribution < 1.29 is 26.3 Å². The number of benzene rings is 1. The normalized spacial score (nSPS) is 11.6. The lowest BCUT2D eigenvalue weighted by molar-refractivity contribution is 0.353. The molecule has 0 spiro atoms. The van der Waals surface area contributed by atoms with Gasteiger partial charge in [-0.2, -0.15) is 9.97 Å². The molecule has 2 heterocycles. The van der Waals surface area contributed by atoms with Crippen LogP contribution in [0, 0.1) is 0 Å². The van der Waals surface area contributed by atoms with E-state index in [-0.39, 0.29) is 40.5 Å². The van der Waals surface area contributed by atoms with E-state index in [1.165, 1.54) is 44.6 Å². The highest BCUT2D eigenvalue weighted by molar-refractivity contribution is 7.93.